The molecule has 0 radical (unpaired) electrons. The number of esters is 1. The van der Waals surface area contributed by atoms with Crippen molar-refractivity contribution in [1.29, 1.82) is 0 Å². The molecule has 0 spiro atoms. The second-order valence-corrected chi connectivity index (χ2v) is 9.26. The van der Waals surface area contributed by atoms with Crippen LogP contribution >= 0.6 is 0 Å². The summed E-state index contributed by atoms with van der Waals surface area (Å²) in [4.78, 5) is 24.8. The maximum Gasteiger partial charge on any atom is 0.347 e. The molecule has 0 unspecified atom stereocenters. The van der Waals surface area contributed by atoms with Crippen molar-refractivity contribution in [2.24, 2.45) is 0 Å². The van der Waals surface area contributed by atoms with Crippen molar-refractivity contribution in [3.05, 3.63) is 94.5 Å². The zero-order chi connectivity index (χ0) is 24.7. The molecule has 0 saturated heterocycles. The Bertz CT molecular complexity index is 1150. The molecule has 0 amide bonds. The first-order valence-electron chi connectivity index (χ1n) is 11.7. The molecule has 0 atom stereocenters. The van der Waals surface area contributed by atoms with Crippen LogP contribution in [0, 0.1) is 0 Å². The number of hydrogen-bond acceptors (Lipinski definition) is 4. The zero-order valence-electron chi connectivity index (χ0n) is 20.0. The number of carbonyl (C=O) groups excluding carboxylic acids is 1. The molecule has 3 aromatic carbocycles. The molecular formula is C29H32O5. The molecule has 0 heterocycles. The number of aromatic hydroxyl groups is 1. The summed E-state index contributed by atoms with van der Waals surface area (Å²) in [6.45, 7) is 6.37. The van der Waals surface area contributed by atoms with Crippen LogP contribution in [0.2, 0.25) is 0 Å². The largest absolute Gasteiger partial charge is 0.507 e. The van der Waals surface area contributed by atoms with Crippen LogP contribution in [-0.2, 0) is 11.8 Å². The van der Waals surface area contributed by atoms with E-state index in [0.29, 0.717) is 6.42 Å². The maximum absolute atomic E-state index is 13.0. The minimum Gasteiger partial charge on any atom is -0.507 e. The lowest BCUT2D eigenvalue weighted by Crippen LogP contribution is -2.19. The van der Waals surface area contributed by atoms with Gasteiger partial charge in [0.2, 0.25) is 0 Å². The van der Waals surface area contributed by atoms with E-state index >= 15 is 0 Å². The number of aromatic carboxylic acids is 1. The number of unbranched alkanes of at least 4 members (excludes halogenated alkanes) is 2. The third-order valence-electron chi connectivity index (χ3n) is 6.13. The van der Waals surface area contributed by atoms with Crippen molar-refractivity contribution in [3.8, 4) is 11.5 Å². The van der Waals surface area contributed by atoms with Crippen molar-refractivity contribution in [1.82, 2.24) is 0 Å². The van der Waals surface area contributed by atoms with Crippen molar-refractivity contribution < 1.29 is 24.5 Å². The number of benzene rings is 3. The van der Waals surface area contributed by atoms with Crippen LogP contribution in [0.15, 0.2) is 66.7 Å². The minimum absolute atomic E-state index is 0.0192. The fraction of sp³-hybridized carbons (Fsp3) is 0.310. The van der Waals surface area contributed by atoms with Gasteiger partial charge in [-0.2, -0.15) is 0 Å². The van der Waals surface area contributed by atoms with E-state index in [-0.39, 0.29) is 28.0 Å². The predicted molar refractivity (Wildman–Crippen MR) is 133 cm³/mol. The second kappa shape index (κ2) is 11.0. The second-order valence-electron chi connectivity index (χ2n) is 9.26. The van der Waals surface area contributed by atoms with Gasteiger partial charge in [-0.3, -0.25) is 0 Å². The normalized spacial score (nSPS) is 11.3. The van der Waals surface area contributed by atoms with E-state index in [4.69, 9.17) is 4.74 Å². The van der Waals surface area contributed by atoms with Crippen LogP contribution in [0.3, 0.4) is 0 Å². The summed E-state index contributed by atoms with van der Waals surface area (Å²) in [5, 5.41) is 20.0. The number of hydrogen-bond donors (Lipinski definition) is 2. The summed E-state index contributed by atoms with van der Waals surface area (Å²) >= 11 is 0. The summed E-state index contributed by atoms with van der Waals surface area (Å²) in [7, 11) is 0. The first-order valence-corrected chi connectivity index (χ1v) is 11.7. The minimum atomic E-state index is -1.19. The lowest BCUT2D eigenvalue weighted by atomic mass is 9.79. The lowest BCUT2D eigenvalue weighted by Gasteiger charge is -2.26. The van der Waals surface area contributed by atoms with E-state index in [1.807, 2.05) is 36.4 Å². The molecule has 0 bridgehead atoms. The van der Waals surface area contributed by atoms with E-state index in [2.05, 4.69) is 20.8 Å². The summed E-state index contributed by atoms with van der Waals surface area (Å²) in [6, 6.07) is 19.4. The molecule has 0 saturated carbocycles. The Labute approximate surface area is 201 Å². The van der Waals surface area contributed by atoms with Gasteiger partial charge in [0.15, 0.2) is 0 Å². The van der Waals surface area contributed by atoms with Crippen LogP contribution in [0.1, 0.15) is 83.9 Å². The van der Waals surface area contributed by atoms with Gasteiger partial charge >= 0.3 is 11.9 Å². The molecule has 0 fully saturated rings. The molecule has 5 heteroatoms. The van der Waals surface area contributed by atoms with Gasteiger partial charge in [-0.05, 0) is 59.2 Å². The van der Waals surface area contributed by atoms with Gasteiger partial charge in [-0.25, -0.2) is 9.59 Å². The molecule has 178 valence electrons. The summed E-state index contributed by atoms with van der Waals surface area (Å²) in [5.41, 5.74) is 2.51. The molecule has 3 rings (SSSR count). The summed E-state index contributed by atoms with van der Waals surface area (Å²) < 4.78 is 5.47. The van der Waals surface area contributed by atoms with Gasteiger partial charge in [0.05, 0.1) is 0 Å². The van der Waals surface area contributed by atoms with Crippen molar-refractivity contribution in [2.45, 2.75) is 58.3 Å². The number of carboxylic acid groups (broad SMARTS) is 1. The highest BCUT2D eigenvalue weighted by Gasteiger charge is 2.24. The Morgan fingerprint density at radius 3 is 2.29 bits per heavy atom. The van der Waals surface area contributed by atoms with Crippen LogP contribution in [0.5, 0.6) is 11.5 Å². The van der Waals surface area contributed by atoms with E-state index in [9.17, 15) is 19.8 Å². The Balaban J connectivity index is 1.84. The molecular weight excluding hydrogens is 428 g/mol. The fourth-order valence-corrected chi connectivity index (χ4v) is 4.01. The number of ether oxygens (including phenoxy) is 1. The Morgan fingerprint density at radius 1 is 0.882 bits per heavy atom. The molecule has 0 aliphatic rings. The predicted octanol–water partition coefficient (Wildman–Crippen LogP) is 6.76. The zero-order valence-corrected chi connectivity index (χ0v) is 20.0. The lowest BCUT2D eigenvalue weighted by molar-refractivity contribution is 0.0681. The molecule has 5 nitrogen and oxygen atoms in total. The van der Waals surface area contributed by atoms with Gasteiger partial charge in [0.1, 0.15) is 22.6 Å². The monoisotopic (exact) mass is 460 g/mol. The highest BCUT2D eigenvalue weighted by Crippen LogP contribution is 2.33. The summed E-state index contributed by atoms with van der Waals surface area (Å²) in [5.74, 6) is -2.23. The number of carboxylic acids is 1. The van der Waals surface area contributed by atoms with Gasteiger partial charge in [0, 0.05) is 0 Å². The first kappa shape index (κ1) is 25.0. The Kier molecular flexibility index (Phi) is 8.11. The van der Waals surface area contributed by atoms with Gasteiger partial charge < -0.3 is 14.9 Å². The first-order chi connectivity index (χ1) is 16.2. The van der Waals surface area contributed by atoms with E-state index in [0.717, 1.165) is 42.4 Å². The van der Waals surface area contributed by atoms with Gasteiger partial charge in [-0.15, -0.1) is 0 Å². The van der Waals surface area contributed by atoms with E-state index in [1.54, 1.807) is 12.1 Å². The Morgan fingerprint density at radius 2 is 1.62 bits per heavy atom. The SMILES string of the molecule is CCCCCC(C)(C)c1ccc(O)c(C(=O)Oc2ccc(Cc3ccccc3)cc2C(=O)O)c1. The average Bonchev–Trinajstić information content (AvgIpc) is 2.80. The summed E-state index contributed by atoms with van der Waals surface area (Å²) in [6.07, 6.45) is 4.84. The number of phenolic OH excluding ortho intramolecular Hbond substituents is 1. The fourth-order valence-electron chi connectivity index (χ4n) is 4.01. The average molecular weight is 461 g/mol. The quantitative estimate of drug-likeness (QED) is 0.198. The molecule has 0 aromatic heterocycles. The van der Waals surface area contributed by atoms with Crippen LogP contribution in [-0.4, -0.2) is 22.2 Å². The van der Waals surface area contributed by atoms with Crippen LogP contribution < -0.4 is 4.74 Å². The van der Waals surface area contributed by atoms with Gasteiger partial charge in [-0.1, -0.05) is 82.5 Å². The molecule has 3 aromatic rings. The molecule has 34 heavy (non-hydrogen) atoms. The highest BCUT2D eigenvalue weighted by molar-refractivity contribution is 5.97. The van der Waals surface area contributed by atoms with Crippen molar-refractivity contribution in [2.75, 3.05) is 0 Å². The van der Waals surface area contributed by atoms with Crippen molar-refractivity contribution >= 4 is 11.9 Å². The van der Waals surface area contributed by atoms with Crippen molar-refractivity contribution in [3.63, 3.8) is 0 Å². The standard InChI is InChI=1S/C29H32O5/c1-4-5-9-16-29(2,3)22-13-14-25(30)23(19-22)28(33)34-26-15-12-21(18-24(26)27(31)32)17-20-10-7-6-8-11-20/h6-8,10-15,18-19,30H,4-5,9,16-17H2,1-3H3,(H,31,32). The van der Waals surface area contributed by atoms with Crippen LogP contribution in [0.4, 0.5) is 0 Å². The highest BCUT2D eigenvalue weighted by atomic mass is 16.5. The Hall–Kier alpha value is -3.60. The van der Waals surface area contributed by atoms with E-state index < -0.39 is 11.9 Å². The number of carbonyl (C=O) groups is 2. The van der Waals surface area contributed by atoms with E-state index in [1.165, 1.54) is 18.2 Å². The van der Waals surface area contributed by atoms with Gasteiger partial charge in [0.25, 0.3) is 0 Å². The number of phenols is 1. The maximum atomic E-state index is 13.0. The third kappa shape index (κ3) is 6.25. The smallest absolute Gasteiger partial charge is 0.347 e. The molecule has 0 aliphatic heterocycles. The third-order valence-corrected chi connectivity index (χ3v) is 6.13. The number of rotatable bonds is 10. The van der Waals surface area contributed by atoms with Crippen LogP contribution in [0.25, 0.3) is 0 Å². The molecule has 0 aliphatic carbocycles. The molecule has 2 N–H and O–H groups in total. The topological polar surface area (TPSA) is 83.8 Å².